The van der Waals surface area contributed by atoms with Crippen LogP contribution in [0.25, 0.3) is 0 Å². The minimum Gasteiger partial charge on any atom is -0.385 e. The molecule has 4 heteroatoms. The second kappa shape index (κ2) is 5.83. The van der Waals surface area contributed by atoms with Gasteiger partial charge in [0.2, 0.25) is 5.91 Å². The lowest BCUT2D eigenvalue weighted by atomic mass is 10.0. The lowest BCUT2D eigenvalue weighted by molar-refractivity contribution is -0.116. The zero-order valence-electron chi connectivity index (χ0n) is 12.0. The normalized spacial score (nSPS) is 18.9. The molecule has 1 N–H and O–H groups in total. The maximum atomic E-state index is 11.5. The molecular weight excluding hydrogens is 252 g/mol. The molecule has 20 heavy (non-hydrogen) atoms. The Bertz CT molecular complexity index is 495. The molecule has 0 bridgehead atoms. The van der Waals surface area contributed by atoms with Crippen LogP contribution >= 0.6 is 0 Å². The second-order valence-corrected chi connectivity index (χ2v) is 5.70. The van der Waals surface area contributed by atoms with Crippen molar-refractivity contribution in [2.24, 2.45) is 5.92 Å². The summed E-state index contributed by atoms with van der Waals surface area (Å²) in [5.74, 6) is 0.845. The topological polar surface area (TPSA) is 41.6 Å². The molecule has 0 aromatic heterocycles. The smallest absolute Gasteiger partial charge is 0.223 e. The van der Waals surface area contributed by atoms with Crippen molar-refractivity contribution in [1.82, 2.24) is 0 Å². The van der Waals surface area contributed by atoms with Crippen LogP contribution in [0.3, 0.4) is 0 Å². The maximum Gasteiger partial charge on any atom is 0.223 e. The molecule has 1 aromatic carbocycles. The number of rotatable bonds is 3. The molecule has 2 heterocycles. The van der Waals surface area contributed by atoms with Gasteiger partial charge < -0.3 is 15.0 Å². The van der Waals surface area contributed by atoms with Crippen LogP contribution in [0.4, 0.5) is 11.4 Å². The Balaban J connectivity index is 1.63. The molecule has 2 aliphatic heterocycles. The molecule has 0 aliphatic carbocycles. The molecular formula is C16H22N2O2. The average molecular weight is 274 g/mol. The van der Waals surface area contributed by atoms with Gasteiger partial charge in [-0.15, -0.1) is 0 Å². The standard InChI is InChI=1S/C16H22N2O2/c1-12(19)18-7-4-14-10-15(2-3-16(14)18)17-11-13-5-8-20-9-6-13/h2-3,10,13,17H,4-9,11H2,1H3. The van der Waals surface area contributed by atoms with Gasteiger partial charge in [0.1, 0.15) is 0 Å². The first kappa shape index (κ1) is 13.4. The predicted octanol–water partition coefficient (Wildman–Crippen LogP) is 2.43. The molecule has 0 unspecified atom stereocenters. The lowest BCUT2D eigenvalue weighted by Gasteiger charge is -2.23. The summed E-state index contributed by atoms with van der Waals surface area (Å²) in [6, 6.07) is 6.34. The number of ether oxygens (including phenoxy) is 1. The summed E-state index contributed by atoms with van der Waals surface area (Å²) in [6.45, 7) is 5.24. The lowest BCUT2D eigenvalue weighted by Crippen LogP contribution is -2.25. The first-order chi connectivity index (χ1) is 9.74. The average Bonchev–Trinajstić information content (AvgIpc) is 2.89. The zero-order valence-corrected chi connectivity index (χ0v) is 12.0. The second-order valence-electron chi connectivity index (χ2n) is 5.70. The monoisotopic (exact) mass is 274 g/mol. The maximum absolute atomic E-state index is 11.5. The third kappa shape index (κ3) is 2.80. The highest BCUT2D eigenvalue weighted by atomic mass is 16.5. The van der Waals surface area contributed by atoms with E-state index < -0.39 is 0 Å². The van der Waals surface area contributed by atoms with E-state index in [0.29, 0.717) is 5.92 Å². The number of hydrogen-bond acceptors (Lipinski definition) is 3. The van der Waals surface area contributed by atoms with Crippen molar-refractivity contribution in [3.05, 3.63) is 23.8 Å². The molecule has 108 valence electrons. The Hall–Kier alpha value is -1.55. The van der Waals surface area contributed by atoms with Crippen molar-refractivity contribution in [2.75, 3.05) is 36.5 Å². The van der Waals surface area contributed by atoms with Crippen molar-refractivity contribution in [2.45, 2.75) is 26.2 Å². The molecule has 0 saturated carbocycles. The third-order valence-electron chi connectivity index (χ3n) is 4.29. The number of carbonyl (C=O) groups excluding carboxylic acids is 1. The van der Waals surface area contributed by atoms with Gasteiger partial charge in [0.05, 0.1) is 0 Å². The van der Waals surface area contributed by atoms with Crippen LogP contribution in [-0.2, 0) is 16.0 Å². The predicted molar refractivity (Wildman–Crippen MR) is 80.2 cm³/mol. The molecule has 1 aromatic rings. The fraction of sp³-hybridized carbons (Fsp3) is 0.562. The van der Waals surface area contributed by atoms with Gasteiger partial charge in [0.25, 0.3) is 0 Å². The van der Waals surface area contributed by atoms with Gasteiger partial charge in [0.15, 0.2) is 0 Å². The van der Waals surface area contributed by atoms with E-state index in [0.717, 1.165) is 51.3 Å². The molecule has 1 saturated heterocycles. The number of carbonyl (C=O) groups is 1. The Morgan fingerprint density at radius 3 is 2.95 bits per heavy atom. The van der Waals surface area contributed by atoms with Gasteiger partial charge in [-0.3, -0.25) is 4.79 Å². The number of benzene rings is 1. The molecule has 0 radical (unpaired) electrons. The molecule has 1 amide bonds. The molecule has 0 spiro atoms. The van der Waals surface area contributed by atoms with Crippen molar-refractivity contribution >= 4 is 17.3 Å². The van der Waals surface area contributed by atoms with Gasteiger partial charge >= 0.3 is 0 Å². The first-order valence-corrected chi connectivity index (χ1v) is 7.46. The molecule has 1 fully saturated rings. The first-order valence-electron chi connectivity index (χ1n) is 7.46. The summed E-state index contributed by atoms with van der Waals surface area (Å²) in [7, 11) is 0. The van der Waals surface area contributed by atoms with Gasteiger partial charge in [-0.05, 0) is 48.9 Å². The minimum absolute atomic E-state index is 0.131. The molecule has 2 aliphatic rings. The van der Waals surface area contributed by atoms with Gasteiger partial charge in [-0.1, -0.05) is 0 Å². The summed E-state index contributed by atoms with van der Waals surface area (Å²) in [4.78, 5) is 13.4. The van der Waals surface area contributed by atoms with E-state index in [1.54, 1.807) is 6.92 Å². The van der Waals surface area contributed by atoms with Crippen LogP contribution in [0.2, 0.25) is 0 Å². The summed E-state index contributed by atoms with van der Waals surface area (Å²) in [5.41, 5.74) is 3.52. The Kier molecular flexibility index (Phi) is 3.92. The molecule has 3 rings (SSSR count). The fourth-order valence-electron chi connectivity index (χ4n) is 3.05. The number of fused-ring (bicyclic) bond motifs is 1. The van der Waals surface area contributed by atoms with Crippen molar-refractivity contribution in [1.29, 1.82) is 0 Å². The van der Waals surface area contributed by atoms with E-state index in [2.05, 4.69) is 23.5 Å². The van der Waals surface area contributed by atoms with Crippen molar-refractivity contribution in [3.8, 4) is 0 Å². The number of amides is 1. The van der Waals surface area contributed by atoms with E-state index in [9.17, 15) is 4.79 Å². The Morgan fingerprint density at radius 1 is 1.40 bits per heavy atom. The number of hydrogen-bond donors (Lipinski definition) is 1. The van der Waals surface area contributed by atoms with Gasteiger partial charge in [0, 0.05) is 44.6 Å². The van der Waals surface area contributed by atoms with E-state index >= 15 is 0 Å². The van der Waals surface area contributed by atoms with Crippen LogP contribution in [0.15, 0.2) is 18.2 Å². The zero-order chi connectivity index (χ0) is 13.9. The highest BCUT2D eigenvalue weighted by molar-refractivity contribution is 5.94. The number of anilines is 2. The molecule has 0 atom stereocenters. The van der Waals surface area contributed by atoms with Crippen LogP contribution in [-0.4, -0.2) is 32.2 Å². The van der Waals surface area contributed by atoms with Gasteiger partial charge in [-0.25, -0.2) is 0 Å². The SMILES string of the molecule is CC(=O)N1CCc2cc(NCC3CCOCC3)ccc21. The summed E-state index contributed by atoms with van der Waals surface area (Å²) < 4.78 is 5.38. The van der Waals surface area contributed by atoms with E-state index in [-0.39, 0.29) is 5.91 Å². The van der Waals surface area contributed by atoms with Crippen molar-refractivity contribution < 1.29 is 9.53 Å². The van der Waals surface area contributed by atoms with Crippen LogP contribution < -0.4 is 10.2 Å². The van der Waals surface area contributed by atoms with E-state index in [1.807, 2.05) is 4.90 Å². The largest absolute Gasteiger partial charge is 0.385 e. The van der Waals surface area contributed by atoms with Crippen LogP contribution in [0, 0.1) is 5.92 Å². The Morgan fingerprint density at radius 2 is 2.20 bits per heavy atom. The summed E-state index contributed by atoms with van der Waals surface area (Å²) in [6.07, 6.45) is 3.26. The summed E-state index contributed by atoms with van der Waals surface area (Å²) in [5, 5.41) is 3.53. The molecule has 4 nitrogen and oxygen atoms in total. The van der Waals surface area contributed by atoms with E-state index in [1.165, 1.54) is 11.3 Å². The highest BCUT2D eigenvalue weighted by Crippen LogP contribution is 2.30. The van der Waals surface area contributed by atoms with Crippen LogP contribution in [0.1, 0.15) is 25.3 Å². The van der Waals surface area contributed by atoms with Crippen molar-refractivity contribution in [3.63, 3.8) is 0 Å². The number of nitrogens with zero attached hydrogens (tertiary/aromatic N) is 1. The quantitative estimate of drug-likeness (QED) is 0.920. The highest BCUT2D eigenvalue weighted by Gasteiger charge is 2.22. The fourth-order valence-corrected chi connectivity index (χ4v) is 3.05. The third-order valence-corrected chi connectivity index (χ3v) is 4.29. The minimum atomic E-state index is 0.131. The summed E-state index contributed by atoms with van der Waals surface area (Å²) >= 11 is 0. The van der Waals surface area contributed by atoms with Crippen LogP contribution in [0.5, 0.6) is 0 Å². The Labute approximate surface area is 120 Å². The number of nitrogens with one attached hydrogen (secondary N) is 1. The van der Waals surface area contributed by atoms with E-state index in [4.69, 9.17) is 4.74 Å². The van der Waals surface area contributed by atoms with Gasteiger partial charge in [-0.2, -0.15) is 0 Å².